The van der Waals surface area contributed by atoms with Gasteiger partial charge < -0.3 is 9.64 Å². The molecule has 0 aromatic carbocycles. The van der Waals surface area contributed by atoms with Crippen LogP contribution in [0.4, 0.5) is 5.82 Å². The molecule has 1 atom stereocenters. The lowest BCUT2D eigenvalue weighted by atomic mass is 10.2. The third kappa shape index (κ3) is 2.17. The van der Waals surface area contributed by atoms with Crippen molar-refractivity contribution in [1.82, 2.24) is 9.97 Å². The average molecular weight is 225 g/mol. The summed E-state index contributed by atoms with van der Waals surface area (Å²) in [6.07, 6.45) is 1.58. The molecule has 2 heterocycles. The summed E-state index contributed by atoms with van der Waals surface area (Å²) in [5.41, 5.74) is 0. The number of hydrogen-bond acceptors (Lipinski definition) is 5. The first-order chi connectivity index (χ1) is 7.31. The van der Waals surface area contributed by atoms with E-state index in [1.807, 2.05) is 4.90 Å². The maximum absolute atomic E-state index is 8.94. The monoisotopic (exact) mass is 224 g/mol. The lowest BCUT2D eigenvalue weighted by molar-refractivity contribution is 0.107. The molecule has 0 N–H and O–H groups in total. The molecule has 1 aliphatic heterocycles. The molecule has 6 heteroatoms. The van der Waals surface area contributed by atoms with Crippen molar-refractivity contribution in [2.75, 3.05) is 24.7 Å². The minimum absolute atomic E-state index is 0.190. The van der Waals surface area contributed by atoms with E-state index in [1.54, 1.807) is 12.3 Å². The van der Waals surface area contributed by atoms with E-state index in [4.69, 9.17) is 21.6 Å². The normalized spacial score (nSPS) is 21.1. The second-order valence-corrected chi connectivity index (χ2v) is 3.44. The third-order valence-electron chi connectivity index (χ3n) is 2.18. The molecular weight excluding hydrogens is 216 g/mol. The fourth-order valence-electron chi connectivity index (χ4n) is 1.47. The number of nitriles is 1. The van der Waals surface area contributed by atoms with Crippen molar-refractivity contribution in [3.05, 3.63) is 17.5 Å². The summed E-state index contributed by atoms with van der Waals surface area (Å²) in [7, 11) is 0. The van der Waals surface area contributed by atoms with Gasteiger partial charge in [0.15, 0.2) is 0 Å². The van der Waals surface area contributed by atoms with Gasteiger partial charge >= 0.3 is 0 Å². The molecule has 0 radical (unpaired) electrons. The van der Waals surface area contributed by atoms with Crippen LogP contribution in [0.25, 0.3) is 0 Å². The van der Waals surface area contributed by atoms with Gasteiger partial charge in [0.2, 0.25) is 5.28 Å². The molecule has 15 heavy (non-hydrogen) atoms. The summed E-state index contributed by atoms with van der Waals surface area (Å²) >= 11 is 5.69. The van der Waals surface area contributed by atoms with Gasteiger partial charge in [0.05, 0.1) is 19.3 Å². The minimum Gasteiger partial charge on any atom is -0.376 e. The summed E-state index contributed by atoms with van der Waals surface area (Å²) < 4.78 is 5.21. The van der Waals surface area contributed by atoms with Gasteiger partial charge in [-0.05, 0) is 17.7 Å². The van der Waals surface area contributed by atoms with Crippen molar-refractivity contribution < 1.29 is 4.74 Å². The molecule has 0 saturated carbocycles. The molecule has 0 amide bonds. The molecule has 1 aliphatic rings. The first-order valence-electron chi connectivity index (χ1n) is 4.54. The topological polar surface area (TPSA) is 62.0 Å². The van der Waals surface area contributed by atoms with Crippen molar-refractivity contribution in [3.8, 4) is 6.07 Å². The van der Waals surface area contributed by atoms with E-state index in [1.165, 1.54) is 0 Å². The second-order valence-electron chi connectivity index (χ2n) is 3.10. The number of halogens is 1. The fourth-order valence-corrected chi connectivity index (χ4v) is 1.61. The highest BCUT2D eigenvalue weighted by Crippen LogP contribution is 2.17. The lowest BCUT2D eigenvalue weighted by Crippen LogP contribution is -2.45. The molecule has 2 rings (SSSR count). The number of morpholine rings is 1. The van der Waals surface area contributed by atoms with Crippen LogP contribution in [-0.4, -0.2) is 35.8 Å². The number of aromatic nitrogens is 2. The van der Waals surface area contributed by atoms with E-state index in [0.717, 1.165) is 0 Å². The average Bonchev–Trinajstić information content (AvgIpc) is 2.29. The molecule has 1 unspecified atom stereocenters. The van der Waals surface area contributed by atoms with Gasteiger partial charge in [-0.25, -0.2) is 9.97 Å². The van der Waals surface area contributed by atoms with E-state index in [2.05, 4.69) is 16.0 Å². The molecule has 1 saturated heterocycles. The van der Waals surface area contributed by atoms with Crippen molar-refractivity contribution in [2.45, 2.75) is 6.04 Å². The van der Waals surface area contributed by atoms with E-state index >= 15 is 0 Å². The van der Waals surface area contributed by atoms with Crippen LogP contribution in [-0.2, 0) is 4.74 Å². The van der Waals surface area contributed by atoms with Crippen LogP contribution in [0.2, 0.25) is 5.28 Å². The summed E-state index contributed by atoms with van der Waals surface area (Å²) in [5.74, 6) is 0.671. The number of hydrogen-bond donors (Lipinski definition) is 0. The molecular formula is C9H9ClN4O. The summed E-state index contributed by atoms with van der Waals surface area (Å²) in [6.45, 7) is 1.64. The van der Waals surface area contributed by atoms with Gasteiger partial charge in [-0.2, -0.15) is 5.26 Å². The Bertz CT molecular complexity index is 392. The Morgan fingerprint density at radius 2 is 2.53 bits per heavy atom. The highest BCUT2D eigenvalue weighted by atomic mass is 35.5. The van der Waals surface area contributed by atoms with Crippen LogP contribution < -0.4 is 4.90 Å². The largest absolute Gasteiger partial charge is 0.376 e. The van der Waals surface area contributed by atoms with Crippen LogP contribution in [0, 0.1) is 11.3 Å². The summed E-state index contributed by atoms with van der Waals surface area (Å²) in [6, 6.07) is 3.61. The highest BCUT2D eigenvalue weighted by molar-refractivity contribution is 6.28. The Morgan fingerprint density at radius 1 is 1.67 bits per heavy atom. The van der Waals surface area contributed by atoms with Gasteiger partial charge in [-0.1, -0.05) is 0 Å². The van der Waals surface area contributed by atoms with Crippen LogP contribution in [0.1, 0.15) is 0 Å². The SMILES string of the molecule is N#CC1COCCN1c1ccnc(Cl)n1. The van der Waals surface area contributed by atoms with Gasteiger partial charge in [-0.15, -0.1) is 0 Å². The van der Waals surface area contributed by atoms with E-state index < -0.39 is 0 Å². The van der Waals surface area contributed by atoms with Gasteiger partial charge in [0.1, 0.15) is 11.9 Å². The van der Waals surface area contributed by atoms with Gasteiger partial charge in [0.25, 0.3) is 0 Å². The standard InChI is InChI=1S/C9H9ClN4O/c10-9-12-2-1-8(13-9)14-3-4-15-6-7(14)5-11/h1-2,7H,3-4,6H2. The molecule has 1 aromatic rings. The maximum atomic E-state index is 8.94. The van der Waals surface area contributed by atoms with Crippen LogP contribution in [0.5, 0.6) is 0 Å². The Morgan fingerprint density at radius 3 is 3.27 bits per heavy atom. The Balaban J connectivity index is 2.25. The van der Waals surface area contributed by atoms with E-state index in [-0.39, 0.29) is 11.3 Å². The molecule has 1 fully saturated rings. The quantitative estimate of drug-likeness (QED) is 0.662. The molecule has 5 nitrogen and oxygen atoms in total. The van der Waals surface area contributed by atoms with Crippen molar-refractivity contribution >= 4 is 17.4 Å². The zero-order chi connectivity index (χ0) is 10.7. The number of rotatable bonds is 1. The summed E-state index contributed by atoms with van der Waals surface area (Å²) in [5, 5.41) is 9.13. The molecule has 1 aromatic heterocycles. The van der Waals surface area contributed by atoms with E-state index in [0.29, 0.717) is 25.6 Å². The fraction of sp³-hybridized carbons (Fsp3) is 0.444. The lowest BCUT2D eigenvalue weighted by Gasteiger charge is -2.32. The Hall–Kier alpha value is -1.38. The Kier molecular flexibility index (Phi) is 2.99. The number of anilines is 1. The predicted molar refractivity (Wildman–Crippen MR) is 54.6 cm³/mol. The molecule has 0 spiro atoms. The zero-order valence-electron chi connectivity index (χ0n) is 7.93. The molecule has 0 aliphatic carbocycles. The first kappa shape index (κ1) is 10.1. The smallest absolute Gasteiger partial charge is 0.224 e. The zero-order valence-corrected chi connectivity index (χ0v) is 8.68. The minimum atomic E-state index is -0.301. The third-order valence-corrected chi connectivity index (χ3v) is 2.37. The van der Waals surface area contributed by atoms with Crippen molar-refractivity contribution in [2.24, 2.45) is 0 Å². The highest BCUT2D eigenvalue weighted by Gasteiger charge is 2.23. The number of ether oxygens (including phenoxy) is 1. The second kappa shape index (κ2) is 4.43. The van der Waals surface area contributed by atoms with Gasteiger partial charge in [-0.3, -0.25) is 0 Å². The maximum Gasteiger partial charge on any atom is 0.224 e. The first-order valence-corrected chi connectivity index (χ1v) is 4.91. The molecule has 0 bridgehead atoms. The van der Waals surface area contributed by atoms with Crippen LogP contribution in [0.15, 0.2) is 12.3 Å². The van der Waals surface area contributed by atoms with Gasteiger partial charge in [0, 0.05) is 12.7 Å². The Labute approximate surface area is 92.3 Å². The van der Waals surface area contributed by atoms with Crippen LogP contribution in [0.3, 0.4) is 0 Å². The summed E-state index contributed by atoms with van der Waals surface area (Å²) in [4.78, 5) is 9.74. The predicted octanol–water partition coefficient (Wildman–Crippen LogP) is 0.859. The van der Waals surface area contributed by atoms with Crippen LogP contribution >= 0.6 is 11.6 Å². The van der Waals surface area contributed by atoms with Crippen molar-refractivity contribution in [3.63, 3.8) is 0 Å². The van der Waals surface area contributed by atoms with Crippen molar-refractivity contribution in [1.29, 1.82) is 5.26 Å². The van der Waals surface area contributed by atoms with E-state index in [9.17, 15) is 0 Å². The molecule has 78 valence electrons. The number of nitrogens with zero attached hydrogens (tertiary/aromatic N) is 4.